The first-order valence-electron chi connectivity index (χ1n) is 12.8. The molecule has 0 spiro atoms. The van der Waals surface area contributed by atoms with E-state index in [9.17, 15) is 12.8 Å². The van der Waals surface area contributed by atoms with Gasteiger partial charge in [0.05, 0.1) is 17.5 Å². The Morgan fingerprint density at radius 1 is 1.11 bits per heavy atom. The number of halogens is 1. The fraction of sp³-hybridized carbons (Fsp3) is 0.393. The lowest BCUT2D eigenvalue weighted by Crippen LogP contribution is -2.33. The van der Waals surface area contributed by atoms with Gasteiger partial charge < -0.3 is 14.1 Å². The SMILES string of the molecule is CS(=O)(=O)N(CCC1CCOCC1)c1cc2oc(-c3ccc(F)cc3)c(-c3ncc[nH]3)c2cc1C1CC1. The molecule has 1 N–H and O–H groups in total. The topological polar surface area (TPSA) is 88.4 Å². The molecule has 0 atom stereocenters. The van der Waals surface area contributed by atoms with Gasteiger partial charge in [0, 0.05) is 49.2 Å². The molecule has 1 saturated heterocycles. The largest absolute Gasteiger partial charge is 0.455 e. The summed E-state index contributed by atoms with van der Waals surface area (Å²) in [6.45, 7) is 1.89. The highest BCUT2D eigenvalue weighted by atomic mass is 32.2. The lowest BCUT2D eigenvalue weighted by Gasteiger charge is -2.28. The summed E-state index contributed by atoms with van der Waals surface area (Å²) in [6, 6.07) is 10.1. The van der Waals surface area contributed by atoms with Crippen LogP contribution >= 0.6 is 0 Å². The van der Waals surface area contributed by atoms with Crippen molar-refractivity contribution in [1.82, 2.24) is 9.97 Å². The molecule has 2 fully saturated rings. The van der Waals surface area contributed by atoms with Crippen molar-refractivity contribution in [2.45, 2.75) is 38.0 Å². The van der Waals surface area contributed by atoms with Gasteiger partial charge in [-0.2, -0.15) is 0 Å². The third kappa shape index (κ3) is 4.90. The molecule has 4 aromatic rings. The fourth-order valence-electron chi connectivity index (χ4n) is 5.33. The van der Waals surface area contributed by atoms with Crippen molar-refractivity contribution in [1.29, 1.82) is 0 Å². The van der Waals surface area contributed by atoms with Crippen molar-refractivity contribution in [3.63, 3.8) is 0 Å². The molecule has 9 heteroatoms. The minimum atomic E-state index is -3.52. The van der Waals surface area contributed by atoms with Gasteiger partial charge in [-0.1, -0.05) is 0 Å². The molecule has 0 amide bonds. The second-order valence-corrected chi connectivity index (χ2v) is 12.0. The Bertz CT molecular complexity index is 1500. The first-order valence-corrected chi connectivity index (χ1v) is 14.6. The Morgan fingerprint density at radius 2 is 1.86 bits per heavy atom. The van der Waals surface area contributed by atoms with E-state index in [1.165, 1.54) is 18.4 Å². The molecule has 37 heavy (non-hydrogen) atoms. The first-order chi connectivity index (χ1) is 17.9. The van der Waals surface area contributed by atoms with Crippen LogP contribution in [0.1, 0.15) is 43.6 Å². The van der Waals surface area contributed by atoms with E-state index in [-0.39, 0.29) is 5.82 Å². The van der Waals surface area contributed by atoms with Crippen LogP contribution in [-0.4, -0.2) is 44.4 Å². The standard InChI is InChI=1S/C28H30FN3O4S/c1-37(33,34)32(13-8-18-9-14-35-15-10-18)24-17-25-23(16-22(24)19-2-3-19)26(28-30-11-12-31-28)27(36-25)20-4-6-21(29)7-5-20/h4-7,11-12,16-19H,2-3,8-10,13-15H2,1H3,(H,30,31). The predicted molar refractivity (Wildman–Crippen MR) is 142 cm³/mol. The maximum atomic E-state index is 13.7. The van der Waals surface area contributed by atoms with Crippen LogP contribution < -0.4 is 4.31 Å². The minimum absolute atomic E-state index is 0.306. The Hall–Kier alpha value is -3.17. The summed E-state index contributed by atoms with van der Waals surface area (Å²) in [5, 5.41) is 0.859. The monoisotopic (exact) mass is 523 g/mol. The van der Waals surface area contributed by atoms with Crippen molar-refractivity contribution in [2.75, 3.05) is 30.3 Å². The number of sulfonamides is 1. The van der Waals surface area contributed by atoms with Crippen LogP contribution in [0.15, 0.2) is 53.2 Å². The summed E-state index contributed by atoms with van der Waals surface area (Å²) in [5.41, 5.74) is 3.79. The second-order valence-electron chi connectivity index (χ2n) is 10.1. The number of aromatic nitrogens is 2. The summed E-state index contributed by atoms with van der Waals surface area (Å²) in [6.07, 6.45) is 9.45. The van der Waals surface area contributed by atoms with Crippen LogP contribution in [0, 0.1) is 11.7 Å². The van der Waals surface area contributed by atoms with E-state index in [0.717, 1.165) is 67.4 Å². The normalized spacial score (nSPS) is 16.9. The van der Waals surface area contributed by atoms with Crippen LogP contribution in [-0.2, 0) is 14.8 Å². The molecule has 1 aliphatic heterocycles. The average molecular weight is 524 g/mol. The molecular formula is C28H30FN3O4S. The van der Waals surface area contributed by atoms with E-state index in [0.29, 0.717) is 41.2 Å². The van der Waals surface area contributed by atoms with E-state index in [2.05, 4.69) is 16.0 Å². The Morgan fingerprint density at radius 3 is 2.51 bits per heavy atom. The van der Waals surface area contributed by atoms with Crippen LogP contribution in [0.4, 0.5) is 10.1 Å². The molecule has 2 aromatic heterocycles. The number of rotatable bonds is 8. The fourth-order valence-corrected chi connectivity index (χ4v) is 6.28. The van der Waals surface area contributed by atoms with Crippen molar-refractivity contribution in [3.8, 4) is 22.7 Å². The summed E-state index contributed by atoms with van der Waals surface area (Å²) in [4.78, 5) is 7.65. The maximum absolute atomic E-state index is 13.7. The molecule has 2 aliphatic rings. The first kappa shape index (κ1) is 24.2. The Labute approximate surface area is 215 Å². The zero-order valence-electron chi connectivity index (χ0n) is 20.7. The minimum Gasteiger partial charge on any atom is -0.455 e. The van der Waals surface area contributed by atoms with E-state index in [4.69, 9.17) is 9.15 Å². The van der Waals surface area contributed by atoms with Crippen molar-refractivity contribution in [3.05, 3.63) is 60.2 Å². The van der Waals surface area contributed by atoms with Crippen LogP contribution in [0.3, 0.4) is 0 Å². The molecule has 0 unspecified atom stereocenters. The number of ether oxygens (including phenoxy) is 1. The highest BCUT2D eigenvalue weighted by molar-refractivity contribution is 7.92. The van der Waals surface area contributed by atoms with Gasteiger partial charge in [-0.15, -0.1) is 0 Å². The summed E-state index contributed by atoms with van der Waals surface area (Å²) in [7, 11) is -3.52. The third-order valence-corrected chi connectivity index (χ3v) is 8.63. The average Bonchev–Trinajstić information content (AvgIpc) is 3.45. The summed E-state index contributed by atoms with van der Waals surface area (Å²) >= 11 is 0. The molecule has 0 radical (unpaired) electrons. The number of hydrogen-bond acceptors (Lipinski definition) is 5. The maximum Gasteiger partial charge on any atom is 0.232 e. The molecule has 1 saturated carbocycles. The van der Waals surface area contributed by atoms with Gasteiger partial charge in [0.25, 0.3) is 0 Å². The van der Waals surface area contributed by atoms with E-state index < -0.39 is 10.0 Å². The van der Waals surface area contributed by atoms with E-state index >= 15 is 0 Å². The van der Waals surface area contributed by atoms with Gasteiger partial charge in [-0.05, 0) is 79.8 Å². The number of benzene rings is 2. The molecule has 3 heterocycles. The van der Waals surface area contributed by atoms with Crippen molar-refractivity contribution < 1.29 is 22.0 Å². The number of nitrogens with zero attached hydrogens (tertiary/aromatic N) is 2. The number of hydrogen-bond donors (Lipinski definition) is 1. The predicted octanol–water partition coefficient (Wildman–Crippen LogP) is 6.09. The lowest BCUT2D eigenvalue weighted by molar-refractivity contribution is 0.0647. The van der Waals surface area contributed by atoms with Gasteiger partial charge in [-0.25, -0.2) is 17.8 Å². The number of furan rings is 1. The smallest absolute Gasteiger partial charge is 0.232 e. The Kier molecular flexibility index (Phi) is 6.28. The van der Waals surface area contributed by atoms with E-state index in [1.807, 2.05) is 6.07 Å². The number of imidazole rings is 1. The molecular weight excluding hydrogens is 493 g/mol. The second kappa shape index (κ2) is 9.61. The van der Waals surface area contributed by atoms with Crippen LogP contribution in [0.25, 0.3) is 33.7 Å². The zero-order valence-corrected chi connectivity index (χ0v) is 21.6. The number of aromatic amines is 1. The molecule has 0 bridgehead atoms. The van der Waals surface area contributed by atoms with E-state index in [1.54, 1.807) is 28.8 Å². The van der Waals surface area contributed by atoms with Gasteiger partial charge in [0.15, 0.2) is 0 Å². The van der Waals surface area contributed by atoms with Crippen LogP contribution in [0.2, 0.25) is 0 Å². The van der Waals surface area contributed by atoms with Gasteiger partial charge in [-0.3, -0.25) is 4.31 Å². The lowest BCUT2D eigenvalue weighted by atomic mass is 9.96. The molecule has 6 rings (SSSR count). The van der Waals surface area contributed by atoms with Gasteiger partial charge in [0.2, 0.25) is 10.0 Å². The van der Waals surface area contributed by atoms with Crippen molar-refractivity contribution >= 4 is 26.7 Å². The molecule has 194 valence electrons. The van der Waals surface area contributed by atoms with Gasteiger partial charge in [0.1, 0.15) is 23.0 Å². The third-order valence-electron chi connectivity index (χ3n) is 7.45. The number of nitrogens with one attached hydrogen (secondary N) is 1. The summed E-state index contributed by atoms with van der Waals surface area (Å²) < 4.78 is 53.2. The Balaban J connectivity index is 1.49. The molecule has 2 aromatic carbocycles. The molecule has 1 aliphatic carbocycles. The quantitative estimate of drug-likeness (QED) is 0.302. The summed E-state index contributed by atoms with van der Waals surface area (Å²) in [5.74, 6) is 1.64. The number of anilines is 1. The van der Waals surface area contributed by atoms with Crippen molar-refractivity contribution in [2.24, 2.45) is 5.92 Å². The number of H-pyrrole nitrogens is 1. The zero-order chi connectivity index (χ0) is 25.6. The number of fused-ring (bicyclic) bond motifs is 1. The molecule has 7 nitrogen and oxygen atoms in total. The van der Waals surface area contributed by atoms with Gasteiger partial charge >= 0.3 is 0 Å². The highest BCUT2D eigenvalue weighted by Gasteiger charge is 2.33. The van der Waals surface area contributed by atoms with Crippen LogP contribution in [0.5, 0.6) is 0 Å². The highest BCUT2D eigenvalue weighted by Crippen LogP contribution is 2.49.